The van der Waals surface area contributed by atoms with Gasteiger partial charge in [-0.1, -0.05) is 123 Å². The predicted molar refractivity (Wildman–Crippen MR) is 212 cm³/mol. The molecule has 2 N–H and O–H groups in total. The van der Waals surface area contributed by atoms with Crippen LogP contribution in [-0.2, 0) is 21.4 Å². The number of carbonyl (C=O) groups excluding carboxylic acids is 2. The van der Waals surface area contributed by atoms with Crippen LogP contribution in [0.15, 0.2) is 96.6 Å². The maximum atomic E-state index is 13.7. The Hall–Kier alpha value is -4.98. The molecule has 1 aromatic heterocycles. The van der Waals surface area contributed by atoms with Crippen LogP contribution in [0.25, 0.3) is 22.5 Å². The van der Waals surface area contributed by atoms with Crippen LogP contribution >= 0.6 is 0 Å². The number of unbranched alkanes of at least 4 members (excludes halogenated alkanes) is 4. The smallest absolute Gasteiger partial charge is 0.334 e. The normalized spacial score (nSPS) is 15.4. The van der Waals surface area contributed by atoms with Crippen molar-refractivity contribution in [3.05, 3.63) is 113 Å². The first-order chi connectivity index (χ1) is 25.2. The number of ether oxygens (including phenoxy) is 2. The Bertz CT molecular complexity index is 1850. The molecule has 2 atom stereocenters. The molecule has 4 aromatic rings. The van der Waals surface area contributed by atoms with Crippen LogP contribution in [0.4, 0.5) is 0 Å². The average Bonchev–Trinajstić information content (AvgIpc) is 3.13. The molecular formula is C45H56N4O4. The molecule has 1 aliphatic rings. The number of cyclic esters (lactones) is 1. The summed E-state index contributed by atoms with van der Waals surface area (Å²) in [6.07, 6.45) is 10.2. The van der Waals surface area contributed by atoms with Crippen LogP contribution in [-0.4, -0.2) is 40.5 Å². The van der Waals surface area contributed by atoms with Gasteiger partial charge < -0.3 is 20.1 Å². The monoisotopic (exact) mass is 716 g/mol. The lowest BCUT2D eigenvalue weighted by Crippen LogP contribution is -2.54. The molecule has 8 heteroatoms. The van der Waals surface area contributed by atoms with Gasteiger partial charge in [-0.25, -0.2) is 14.8 Å². The third-order valence-electron chi connectivity index (χ3n) is 9.71. The number of esters is 1. The van der Waals surface area contributed by atoms with Gasteiger partial charge in [0.25, 0.3) is 5.91 Å². The third kappa shape index (κ3) is 10.6. The second-order valence-corrected chi connectivity index (χ2v) is 16.2. The van der Waals surface area contributed by atoms with Crippen molar-refractivity contribution in [3.8, 4) is 28.3 Å². The number of aromatic nitrogens is 2. The fourth-order valence-electron chi connectivity index (χ4n) is 6.38. The molecule has 5 rings (SSSR count). The number of hydrogen-bond donors (Lipinski definition) is 2. The molecule has 3 aromatic carbocycles. The number of hydrogen-bond acceptors (Lipinski definition) is 7. The van der Waals surface area contributed by atoms with E-state index in [1.807, 2.05) is 106 Å². The molecule has 0 radical (unpaired) electrons. The van der Waals surface area contributed by atoms with Gasteiger partial charge in [-0.05, 0) is 71.6 Å². The summed E-state index contributed by atoms with van der Waals surface area (Å²) in [4.78, 5) is 35.9. The fraction of sp³-hybridized carbons (Fsp3) is 0.422. The lowest BCUT2D eigenvalue weighted by atomic mass is 9.85. The van der Waals surface area contributed by atoms with E-state index in [4.69, 9.17) is 9.47 Å². The molecule has 0 saturated carbocycles. The number of benzene rings is 3. The fourth-order valence-corrected chi connectivity index (χ4v) is 6.38. The van der Waals surface area contributed by atoms with Gasteiger partial charge >= 0.3 is 5.97 Å². The van der Waals surface area contributed by atoms with Gasteiger partial charge in [0.1, 0.15) is 17.6 Å². The summed E-state index contributed by atoms with van der Waals surface area (Å²) in [5.41, 5.74) is 5.82. The SMILES string of the molecule is CCCCCCCOc1ccc(-c2cnc(-c3ccc(C[C@H](NC(=O)c4ccc(C(C)(C)C)cc4)C4=C(C)OC(=O)[C@H](C(C)(C)C)N4)cc3)nc2)cc1. The molecule has 53 heavy (non-hydrogen) atoms. The van der Waals surface area contributed by atoms with Crippen molar-refractivity contribution in [1.29, 1.82) is 0 Å². The predicted octanol–water partition coefficient (Wildman–Crippen LogP) is 9.59. The summed E-state index contributed by atoms with van der Waals surface area (Å²) in [6, 6.07) is 22.8. The molecule has 0 unspecified atom stereocenters. The lowest BCUT2D eigenvalue weighted by molar-refractivity contribution is -0.146. The molecule has 0 bridgehead atoms. The summed E-state index contributed by atoms with van der Waals surface area (Å²) in [7, 11) is 0. The molecular weight excluding hydrogens is 661 g/mol. The van der Waals surface area contributed by atoms with Crippen LogP contribution in [0.2, 0.25) is 0 Å². The number of allylic oxidation sites excluding steroid dienone is 1. The maximum Gasteiger partial charge on any atom is 0.334 e. The number of amides is 1. The number of carbonyl (C=O) groups is 2. The third-order valence-corrected chi connectivity index (χ3v) is 9.71. The van der Waals surface area contributed by atoms with E-state index in [1.54, 1.807) is 6.92 Å². The molecule has 0 aliphatic carbocycles. The highest BCUT2D eigenvalue weighted by molar-refractivity contribution is 5.94. The molecule has 1 amide bonds. The van der Waals surface area contributed by atoms with Crippen molar-refractivity contribution >= 4 is 11.9 Å². The van der Waals surface area contributed by atoms with E-state index in [0.717, 1.165) is 46.6 Å². The van der Waals surface area contributed by atoms with Crippen molar-refractivity contribution < 1.29 is 19.1 Å². The van der Waals surface area contributed by atoms with Crippen molar-refractivity contribution in [2.75, 3.05) is 6.61 Å². The second-order valence-electron chi connectivity index (χ2n) is 16.2. The topological polar surface area (TPSA) is 102 Å². The highest BCUT2D eigenvalue weighted by Crippen LogP contribution is 2.29. The minimum atomic E-state index is -0.564. The molecule has 0 saturated heterocycles. The van der Waals surface area contributed by atoms with Gasteiger partial charge in [0.15, 0.2) is 5.82 Å². The first-order valence-corrected chi connectivity index (χ1v) is 19.0. The zero-order valence-corrected chi connectivity index (χ0v) is 32.7. The first-order valence-electron chi connectivity index (χ1n) is 19.0. The van der Waals surface area contributed by atoms with Gasteiger partial charge in [0.05, 0.1) is 18.3 Å². The summed E-state index contributed by atoms with van der Waals surface area (Å²) in [6.45, 7) is 17.1. The number of nitrogens with one attached hydrogen (secondary N) is 2. The minimum Gasteiger partial charge on any atom is -0.494 e. The van der Waals surface area contributed by atoms with Crippen molar-refractivity contribution in [2.45, 2.75) is 111 Å². The lowest BCUT2D eigenvalue weighted by Gasteiger charge is -2.37. The first kappa shape index (κ1) is 39.2. The maximum absolute atomic E-state index is 13.7. The van der Waals surface area contributed by atoms with Gasteiger partial charge in [-0.2, -0.15) is 0 Å². The second kappa shape index (κ2) is 17.2. The standard InChI is InChI=1S/C45H56N4O4/c1-9-10-11-12-13-26-52-37-24-20-32(21-25-37)35-28-46-41(47-29-35)33-16-14-31(15-17-33)27-38(39-30(2)53-43(51)40(49-39)45(6,7)8)48-42(50)34-18-22-36(23-19-34)44(3,4)5/h14-25,28-29,38,40,49H,9-13,26-27H2,1-8H3,(H,48,50)/t38-,40+/m0/s1. The van der Waals surface area contributed by atoms with Crippen molar-refractivity contribution in [1.82, 2.24) is 20.6 Å². The summed E-state index contributed by atoms with van der Waals surface area (Å²) >= 11 is 0. The van der Waals surface area contributed by atoms with Gasteiger partial charge in [0.2, 0.25) is 0 Å². The zero-order valence-electron chi connectivity index (χ0n) is 32.7. The van der Waals surface area contributed by atoms with E-state index < -0.39 is 17.5 Å². The van der Waals surface area contributed by atoms with Gasteiger partial charge in [-0.15, -0.1) is 0 Å². The van der Waals surface area contributed by atoms with Crippen LogP contribution in [0.3, 0.4) is 0 Å². The minimum absolute atomic E-state index is 0.0225. The average molecular weight is 717 g/mol. The van der Waals surface area contributed by atoms with E-state index in [2.05, 4.69) is 48.3 Å². The zero-order chi connectivity index (χ0) is 38.2. The van der Waals surface area contributed by atoms with E-state index in [1.165, 1.54) is 25.7 Å². The van der Waals surface area contributed by atoms with Crippen LogP contribution in [0, 0.1) is 5.41 Å². The van der Waals surface area contributed by atoms with E-state index >= 15 is 0 Å². The van der Waals surface area contributed by atoms with Crippen molar-refractivity contribution in [3.63, 3.8) is 0 Å². The van der Waals surface area contributed by atoms with Crippen LogP contribution in [0.1, 0.15) is 109 Å². The Morgan fingerprint density at radius 2 is 1.45 bits per heavy atom. The summed E-state index contributed by atoms with van der Waals surface area (Å²) < 4.78 is 11.7. The molecule has 0 spiro atoms. The van der Waals surface area contributed by atoms with Crippen molar-refractivity contribution in [2.24, 2.45) is 5.41 Å². The Morgan fingerprint density at radius 1 is 0.830 bits per heavy atom. The molecule has 280 valence electrons. The highest BCUT2D eigenvalue weighted by Gasteiger charge is 2.39. The summed E-state index contributed by atoms with van der Waals surface area (Å²) in [5, 5.41) is 6.67. The molecule has 0 fully saturated rings. The highest BCUT2D eigenvalue weighted by atomic mass is 16.5. The Balaban J connectivity index is 1.29. The Labute approximate surface area is 315 Å². The number of rotatable bonds is 14. The quantitative estimate of drug-likeness (QED) is 0.0990. The molecule has 1 aliphatic heterocycles. The van der Waals surface area contributed by atoms with Crippen LogP contribution < -0.4 is 15.4 Å². The number of nitrogens with zero attached hydrogens (tertiary/aromatic N) is 2. The van der Waals surface area contributed by atoms with Gasteiger partial charge in [-0.3, -0.25) is 4.79 Å². The summed E-state index contributed by atoms with van der Waals surface area (Å²) in [5.74, 6) is 1.42. The van der Waals surface area contributed by atoms with Gasteiger partial charge in [0, 0.05) is 29.1 Å². The molecule has 8 nitrogen and oxygen atoms in total. The van der Waals surface area contributed by atoms with E-state index in [-0.39, 0.29) is 17.3 Å². The van der Waals surface area contributed by atoms with E-state index in [0.29, 0.717) is 29.3 Å². The van der Waals surface area contributed by atoms with E-state index in [9.17, 15) is 9.59 Å². The Kier molecular flexibility index (Phi) is 12.8. The Morgan fingerprint density at radius 3 is 2.06 bits per heavy atom. The largest absolute Gasteiger partial charge is 0.494 e. The van der Waals surface area contributed by atoms with Crippen LogP contribution in [0.5, 0.6) is 5.75 Å². The molecule has 2 heterocycles.